The van der Waals surface area contributed by atoms with Gasteiger partial charge < -0.3 is 15.9 Å². The second-order valence-corrected chi connectivity index (χ2v) is 2.77. The van der Waals surface area contributed by atoms with Crippen LogP contribution in [-0.4, -0.2) is 28.1 Å². The number of amides is 1. The minimum Gasteiger partial charge on any atom is -0.478 e. The average Bonchev–Trinajstić information content (AvgIpc) is 2.16. The molecule has 16 heavy (non-hydrogen) atoms. The summed E-state index contributed by atoms with van der Waals surface area (Å²) in [4.78, 5) is 30.1. The summed E-state index contributed by atoms with van der Waals surface area (Å²) in [7, 11) is 0. The predicted octanol–water partition coefficient (Wildman–Crippen LogP) is 0.575. The van der Waals surface area contributed by atoms with Crippen molar-refractivity contribution in [2.75, 3.05) is 0 Å². The van der Waals surface area contributed by atoms with E-state index in [-0.39, 0.29) is 17.0 Å². The predicted molar refractivity (Wildman–Crippen MR) is 55.2 cm³/mol. The van der Waals surface area contributed by atoms with Crippen molar-refractivity contribution in [2.45, 2.75) is 6.92 Å². The molecular formula is C10H11NO5. The largest absolute Gasteiger partial charge is 0.478 e. The summed E-state index contributed by atoms with van der Waals surface area (Å²) >= 11 is 0. The lowest BCUT2D eigenvalue weighted by Gasteiger charge is -1.98. The highest BCUT2D eigenvalue weighted by Crippen LogP contribution is 2.07. The van der Waals surface area contributed by atoms with Crippen LogP contribution in [-0.2, 0) is 4.79 Å². The van der Waals surface area contributed by atoms with Crippen LogP contribution in [0, 0.1) is 0 Å². The number of hydrogen-bond donors (Lipinski definition) is 3. The molecule has 6 nitrogen and oxygen atoms in total. The fourth-order valence-corrected chi connectivity index (χ4v) is 0.856. The number of nitrogens with two attached hydrogens (primary N) is 1. The van der Waals surface area contributed by atoms with E-state index in [4.69, 9.17) is 10.2 Å². The van der Waals surface area contributed by atoms with Crippen LogP contribution in [0.15, 0.2) is 24.3 Å². The van der Waals surface area contributed by atoms with Crippen molar-refractivity contribution in [1.29, 1.82) is 0 Å². The number of hydrogen-bond acceptors (Lipinski definition) is 3. The van der Waals surface area contributed by atoms with Crippen LogP contribution in [0.25, 0.3) is 0 Å². The Morgan fingerprint density at radius 3 is 1.44 bits per heavy atom. The third-order valence-electron chi connectivity index (χ3n) is 1.39. The van der Waals surface area contributed by atoms with Crippen LogP contribution in [0.4, 0.5) is 0 Å². The standard InChI is InChI=1S/C8H6O4.C2H5NO/c9-7(10)5-3-1-2-4-6(5)8(11)12;1-2(3)4/h1-4H,(H,9,10)(H,11,12);1H3,(H2,3,4). The lowest BCUT2D eigenvalue weighted by atomic mass is 10.1. The molecule has 0 heterocycles. The maximum Gasteiger partial charge on any atom is 0.336 e. The van der Waals surface area contributed by atoms with Gasteiger partial charge in [-0.05, 0) is 12.1 Å². The number of rotatable bonds is 2. The zero-order valence-corrected chi connectivity index (χ0v) is 8.51. The molecule has 6 heteroatoms. The number of primary amides is 1. The Bertz CT molecular complexity index is 376. The molecule has 0 unspecified atom stereocenters. The fraction of sp³-hybridized carbons (Fsp3) is 0.100. The fourth-order valence-electron chi connectivity index (χ4n) is 0.856. The minimum absolute atomic E-state index is 0.190. The quantitative estimate of drug-likeness (QED) is 0.680. The van der Waals surface area contributed by atoms with E-state index in [0.29, 0.717) is 0 Å². The van der Waals surface area contributed by atoms with E-state index in [1.165, 1.54) is 31.2 Å². The summed E-state index contributed by atoms with van der Waals surface area (Å²) in [6.07, 6.45) is 0. The van der Waals surface area contributed by atoms with Crippen LogP contribution in [0.3, 0.4) is 0 Å². The van der Waals surface area contributed by atoms with Gasteiger partial charge in [-0.25, -0.2) is 9.59 Å². The number of carboxylic acid groups (broad SMARTS) is 2. The second kappa shape index (κ2) is 6.18. The Morgan fingerprint density at radius 2 is 1.25 bits per heavy atom. The molecule has 0 aliphatic carbocycles. The number of benzene rings is 1. The van der Waals surface area contributed by atoms with E-state index in [1.807, 2.05) is 0 Å². The Labute approximate surface area is 91.3 Å². The van der Waals surface area contributed by atoms with Crippen LogP contribution in [0.1, 0.15) is 27.6 Å². The molecule has 0 saturated heterocycles. The first-order valence-corrected chi connectivity index (χ1v) is 4.18. The normalized spacial score (nSPS) is 8.56. The van der Waals surface area contributed by atoms with Gasteiger partial charge in [0, 0.05) is 6.92 Å². The van der Waals surface area contributed by atoms with Crippen molar-refractivity contribution < 1.29 is 24.6 Å². The van der Waals surface area contributed by atoms with E-state index >= 15 is 0 Å². The van der Waals surface area contributed by atoms with Gasteiger partial charge in [-0.2, -0.15) is 0 Å². The van der Waals surface area contributed by atoms with Gasteiger partial charge in [0.2, 0.25) is 5.91 Å². The number of aromatic carboxylic acids is 2. The third-order valence-corrected chi connectivity index (χ3v) is 1.39. The van der Waals surface area contributed by atoms with Crippen LogP contribution < -0.4 is 5.73 Å². The van der Waals surface area contributed by atoms with Crippen LogP contribution >= 0.6 is 0 Å². The van der Waals surface area contributed by atoms with Crippen molar-refractivity contribution >= 4 is 17.8 Å². The van der Waals surface area contributed by atoms with Gasteiger partial charge in [0.1, 0.15) is 0 Å². The van der Waals surface area contributed by atoms with E-state index in [0.717, 1.165) is 0 Å². The van der Waals surface area contributed by atoms with Crippen LogP contribution in [0.5, 0.6) is 0 Å². The first-order valence-electron chi connectivity index (χ1n) is 4.18. The topological polar surface area (TPSA) is 118 Å². The van der Waals surface area contributed by atoms with Crippen molar-refractivity contribution in [3.05, 3.63) is 35.4 Å². The molecule has 0 aromatic heterocycles. The van der Waals surface area contributed by atoms with E-state index in [2.05, 4.69) is 5.73 Å². The molecule has 0 atom stereocenters. The summed E-state index contributed by atoms with van der Waals surface area (Å²) in [5.74, 6) is -2.79. The lowest BCUT2D eigenvalue weighted by Crippen LogP contribution is -2.06. The van der Waals surface area contributed by atoms with Gasteiger partial charge in [0.15, 0.2) is 0 Å². The van der Waals surface area contributed by atoms with Gasteiger partial charge in [-0.15, -0.1) is 0 Å². The maximum atomic E-state index is 10.5. The molecule has 4 N–H and O–H groups in total. The summed E-state index contributed by atoms with van der Waals surface area (Å²) in [5.41, 5.74) is 4.09. The van der Waals surface area contributed by atoms with Crippen molar-refractivity contribution in [3.8, 4) is 0 Å². The summed E-state index contributed by atoms with van der Waals surface area (Å²) in [6, 6.07) is 5.48. The van der Waals surface area contributed by atoms with Crippen LogP contribution in [0.2, 0.25) is 0 Å². The zero-order valence-electron chi connectivity index (χ0n) is 8.51. The Hall–Kier alpha value is -2.37. The molecule has 1 aromatic carbocycles. The lowest BCUT2D eigenvalue weighted by molar-refractivity contribution is -0.115. The van der Waals surface area contributed by atoms with E-state index < -0.39 is 11.9 Å². The molecule has 0 fully saturated rings. The monoisotopic (exact) mass is 225 g/mol. The second-order valence-electron chi connectivity index (χ2n) is 2.77. The highest BCUT2D eigenvalue weighted by Gasteiger charge is 2.13. The molecule has 86 valence electrons. The molecule has 1 aromatic rings. The molecule has 0 bridgehead atoms. The average molecular weight is 225 g/mol. The molecule has 0 saturated carbocycles. The number of carboxylic acids is 2. The molecule has 0 spiro atoms. The summed E-state index contributed by atoms with van der Waals surface area (Å²) in [6.45, 7) is 1.31. The molecule has 1 rings (SSSR count). The molecule has 0 aliphatic rings. The zero-order chi connectivity index (χ0) is 12.7. The Morgan fingerprint density at radius 1 is 1.00 bits per heavy atom. The van der Waals surface area contributed by atoms with E-state index in [1.54, 1.807) is 0 Å². The maximum absolute atomic E-state index is 10.5. The smallest absolute Gasteiger partial charge is 0.336 e. The molecule has 0 aliphatic heterocycles. The summed E-state index contributed by atoms with van der Waals surface area (Å²) in [5, 5.41) is 17.1. The van der Waals surface area contributed by atoms with Crippen molar-refractivity contribution in [1.82, 2.24) is 0 Å². The third kappa shape index (κ3) is 4.75. The van der Waals surface area contributed by atoms with Gasteiger partial charge in [0.25, 0.3) is 0 Å². The molecule has 0 radical (unpaired) electrons. The van der Waals surface area contributed by atoms with Gasteiger partial charge >= 0.3 is 11.9 Å². The SMILES string of the molecule is CC(N)=O.O=C(O)c1ccccc1C(=O)O. The van der Waals surface area contributed by atoms with Gasteiger partial charge in [-0.1, -0.05) is 12.1 Å². The Kier molecular flexibility index (Phi) is 5.26. The first-order chi connectivity index (χ1) is 7.36. The van der Waals surface area contributed by atoms with Crippen molar-refractivity contribution in [3.63, 3.8) is 0 Å². The first kappa shape index (κ1) is 13.6. The Balaban J connectivity index is 0.000000487. The molecule has 1 amide bonds. The van der Waals surface area contributed by atoms with Gasteiger partial charge in [0.05, 0.1) is 11.1 Å². The highest BCUT2D eigenvalue weighted by molar-refractivity contribution is 6.01. The van der Waals surface area contributed by atoms with E-state index in [9.17, 15) is 14.4 Å². The summed E-state index contributed by atoms with van der Waals surface area (Å²) < 4.78 is 0. The molecular weight excluding hydrogens is 214 g/mol. The van der Waals surface area contributed by atoms with Crippen molar-refractivity contribution in [2.24, 2.45) is 5.73 Å². The number of carbonyl (C=O) groups excluding carboxylic acids is 1. The highest BCUT2D eigenvalue weighted by atomic mass is 16.4. The number of carbonyl (C=O) groups is 3. The minimum atomic E-state index is -1.23. The van der Waals surface area contributed by atoms with Gasteiger partial charge in [-0.3, -0.25) is 4.79 Å².